The molecular formula is C24H24N4O5. The van der Waals surface area contributed by atoms with Crippen molar-refractivity contribution in [1.82, 2.24) is 10.2 Å². The van der Waals surface area contributed by atoms with Gasteiger partial charge in [0, 0.05) is 49.5 Å². The molecule has 170 valence electrons. The Morgan fingerprint density at radius 3 is 2.79 bits per heavy atom. The first-order valence-corrected chi connectivity index (χ1v) is 10.9. The summed E-state index contributed by atoms with van der Waals surface area (Å²) in [6, 6.07) is 12.0. The van der Waals surface area contributed by atoms with Crippen molar-refractivity contribution in [2.75, 3.05) is 30.5 Å². The average Bonchev–Trinajstić information content (AvgIpc) is 3.32. The maximum Gasteiger partial charge on any atom is 0.326 e. The summed E-state index contributed by atoms with van der Waals surface area (Å²) in [6.45, 7) is 1.30. The van der Waals surface area contributed by atoms with Gasteiger partial charge in [0.05, 0.1) is 6.61 Å². The van der Waals surface area contributed by atoms with Crippen LogP contribution >= 0.6 is 0 Å². The Hall–Kier alpha value is -3.72. The molecule has 0 aromatic heterocycles. The molecule has 5 rings (SSSR count). The number of benzene rings is 2. The van der Waals surface area contributed by atoms with Crippen molar-refractivity contribution in [2.45, 2.75) is 31.3 Å². The minimum absolute atomic E-state index is 0.108. The highest BCUT2D eigenvalue weighted by Gasteiger charge is 2.39. The van der Waals surface area contributed by atoms with Gasteiger partial charge in [-0.05, 0) is 41.8 Å². The number of anilines is 2. The van der Waals surface area contributed by atoms with Gasteiger partial charge in [-0.15, -0.1) is 0 Å². The van der Waals surface area contributed by atoms with Gasteiger partial charge in [-0.1, -0.05) is 18.2 Å². The lowest BCUT2D eigenvalue weighted by atomic mass is 10.0. The maximum absolute atomic E-state index is 13.1. The number of carbonyl (C=O) groups is 4. The van der Waals surface area contributed by atoms with Crippen LogP contribution in [0, 0.1) is 0 Å². The topological polar surface area (TPSA) is 108 Å². The first-order chi connectivity index (χ1) is 16.0. The van der Waals surface area contributed by atoms with Crippen molar-refractivity contribution in [3.05, 3.63) is 59.2 Å². The number of methoxy groups -OCH3 is 1. The van der Waals surface area contributed by atoms with Gasteiger partial charge in [0.15, 0.2) is 0 Å². The molecule has 1 fully saturated rings. The lowest BCUT2D eigenvalue weighted by molar-refractivity contribution is -0.136. The fraction of sp³-hybridized carbons (Fsp3) is 0.333. The molecule has 2 N–H and O–H groups in total. The molecule has 3 heterocycles. The van der Waals surface area contributed by atoms with Gasteiger partial charge in [-0.3, -0.25) is 24.6 Å². The SMILES string of the molecule is COC[C@@H]1CN(C(=O)Nc2ccc3c(c2)CN(C2CCC(=O)NC2=O)C3=O)c2ccccc21. The van der Waals surface area contributed by atoms with Crippen LogP contribution in [0.15, 0.2) is 42.5 Å². The van der Waals surface area contributed by atoms with E-state index in [1.165, 1.54) is 4.90 Å². The van der Waals surface area contributed by atoms with Crippen LogP contribution in [0.25, 0.3) is 0 Å². The van der Waals surface area contributed by atoms with Crippen LogP contribution < -0.4 is 15.5 Å². The highest BCUT2D eigenvalue weighted by atomic mass is 16.5. The highest BCUT2D eigenvalue weighted by molar-refractivity contribution is 6.06. The number of hydrogen-bond acceptors (Lipinski definition) is 5. The first kappa shape index (κ1) is 21.1. The van der Waals surface area contributed by atoms with Crippen LogP contribution in [0.5, 0.6) is 0 Å². The third kappa shape index (κ3) is 3.74. The summed E-state index contributed by atoms with van der Waals surface area (Å²) < 4.78 is 5.32. The van der Waals surface area contributed by atoms with Gasteiger partial charge in [0.1, 0.15) is 6.04 Å². The zero-order valence-corrected chi connectivity index (χ0v) is 18.2. The van der Waals surface area contributed by atoms with Gasteiger partial charge in [0.2, 0.25) is 11.8 Å². The fourth-order valence-electron chi connectivity index (χ4n) is 4.87. The molecule has 2 atom stereocenters. The lowest BCUT2D eigenvalue weighted by Crippen LogP contribution is -2.52. The minimum Gasteiger partial charge on any atom is -0.384 e. The molecule has 9 nitrogen and oxygen atoms in total. The van der Waals surface area contributed by atoms with Crippen molar-refractivity contribution < 1.29 is 23.9 Å². The number of piperidine rings is 1. The van der Waals surface area contributed by atoms with E-state index >= 15 is 0 Å². The van der Waals surface area contributed by atoms with E-state index < -0.39 is 11.9 Å². The van der Waals surface area contributed by atoms with Crippen molar-refractivity contribution in [3.63, 3.8) is 0 Å². The standard InChI is InChI=1S/C24H24N4O5/c1-33-13-15-12-28(19-5-3-2-4-17(15)19)24(32)25-16-6-7-18-14(10-16)11-27(23(18)31)20-8-9-21(29)26-22(20)30/h2-7,10,15,20H,8-9,11-13H2,1H3,(H,25,32)(H,26,29,30)/t15-,20?/m0/s1. The summed E-state index contributed by atoms with van der Waals surface area (Å²) >= 11 is 0. The second-order valence-corrected chi connectivity index (χ2v) is 8.52. The summed E-state index contributed by atoms with van der Waals surface area (Å²) in [5.41, 5.74) is 3.75. The zero-order chi connectivity index (χ0) is 23.1. The fourth-order valence-corrected chi connectivity index (χ4v) is 4.87. The largest absolute Gasteiger partial charge is 0.384 e. The molecule has 0 bridgehead atoms. The number of imide groups is 1. The molecule has 0 radical (unpaired) electrons. The second-order valence-electron chi connectivity index (χ2n) is 8.52. The molecule has 1 saturated heterocycles. The maximum atomic E-state index is 13.1. The second kappa shape index (κ2) is 8.32. The molecule has 0 spiro atoms. The van der Waals surface area contributed by atoms with Crippen LogP contribution in [0.4, 0.5) is 16.2 Å². The average molecular weight is 448 g/mol. The Morgan fingerprint density at radius 2 is 2.00 bits per heavy atom. The third-order valence-corrected chi connectivity index (χ3v) is 6.46. The van der Waals surface area contributed by atoms with Crippen LogP contribution in [-0.4, -0.2) is 55.0 Å². The number of amides is 5. The molecule has 2 aromatic rings. The van der Waals surface area contributed by atoms with E-state index in [-0.39, 0.29) is 36.7 Å². The molecule has 9 heteroatoms. The number of carbonyl (C=O) groups excluding carboxylic acids is 4. The molecule has 0 saturated carbocycles. The predicted octanol–water partition coefficient (Wildman–Crippen LogP) is 2.23. The van der Waals surface area contributed by atoms with Crippen molar-refractivity contribution in [3.8, 4) is 0 Å². The molecule has 1 unspecified atom stereocenters. The molecule has 0 aliphatic carbocycles. The Kier molecular flexibility index (Phi) is 5.33. The van der Waals surface area contributed by atoms with E-state index in [4.69, 9.17) is 4.74 Å². The Labute approximate surface area is 190 Å². The molecular weight excluding hydrogens is 424 g/mol. The van der Waals surface area contributed by atoms with Gasteiger partial charge >= 0.3 is 6.03 Å². The number of nitrogens with one attached hydrogen (secondary N) is 2. The summed E-state index contributed by atoms with van der Waals surface area (Å²) in [5, 5.41) is 5.23. The van der Waals surface area contributed by atoms with Gasteiger partial charge in [0.25, 0.3) is 5.91 Å². The molecule has 2 aromatic carbocycles. The van der Waals surface area contributed by atoms with Gasteiger partial charge < -0.3 is 15.0 Å². The van der Waals surface area contributed by atoms with Crippen LogP contribution in [0.1, 0.15) is 40.2 Å². The Balaban J connectivity index is 1.31. The number of fused-ring (bicyclic) bond motifs is 2. The molecule has 3 aliphatic rings. The van der Waals surface area contributed by atoms with Gasteiger partial charge in [-0.2, -0.15) is 0 Å². The van der Waals surface area contributed by atoms with Gasteiger partial charge in [-0.25, -0.2) is 4.79 Å². The normalized spacial score (nSPS) is 21.7. The van der Waals surface area contributed by atoms with E-state index in [0.717, 1.165) is 16.8 Å². The van der Waals surface area contributed by atoms with E-state index in [0.29, 0.717) is 30.8 Å². The summed E-state index contributed by atoms with van der Waals surface area (Å²) in [5.74, 6) is -0.897. The molecule has 5 amide bonds. The highest BCUT2D eigenvalue weighted by Crippen LogP contribution is 2.37. The lowest BCUT2D eigenvalue weighted by Gasteiger charge is -2.29. The number of urea groups is 1. The van der Waals surface area contributed by atoms with Crippen molar-refractivity contribution >= 4 is 35.1 Å². The zero-order valence-electron chi connectivity index (χ0n) is 18.2. The van der Waals surface area contributed by atoms with Crippen LogP contribution in [0.2, 0.25) is 0 Å². The minimum atomic E-state index is -0.667. The van der Waals surface area contributed by atoms with E-state index in [2.05, 4.69) is 10.6 Å². The third-order valence-electron chi connectivity index (χ3n) is 6.46. The number of nitrogens with zero attached hydrogens (tertiary/aromatic N) is 2. The number of ether oxygens (including phenoxy) is 1. The number of para-hydroxylation sites is 1. The monoisotopic (exact) mass is 448 g/mol. The molecule has 33 heavy (non-hydrogen) atoms. The van der Waals surface area contributed by atoms with Crippen LogP contribution in [-0.2, 0) is 20.9 Å². The number of hydrogen-bond donors (Lipinski definition) is 2. The molecule has 3 aliphatic heterocycles. The van der Waals surface area contributed by atoms with Crippen molar-refractivity contribution in [1.29, 1.82) is 0 Å². The predicted molar refractivity (Wildman–Crippen MR) is 120 cm³/mol. The van der Waals surface area contributed by atoms with E-state index in [1.54, 1.807) is 30.2 Å². The Bertz CT molecular complexity index is 1160. The van der Waals surface area contributed by atoms with E-state index in [1.807, 2.05) is 24.3 Å². The van der Waals surface area contributed by atoms with Crippen molar-refractivity contribution in [2.24, 2.45) is 0 Å². The summed E-state index contributed by atoms with van der Waals surface area (Å²) in [7, 11) is 1.65. The summed E-state index contributed by atoms with van der Waals surface area (Å²) in [4.78, 5) is 52.8. The van der Waals surface area contributed by atoms with E-state index in [9.17, 15) is 19.2 Å². The summed E-state index contributed by atoms with van der Waals surface area (Å²) in [6.07, 6.45) is 0.518. The quantitative estimate of drug-likeness (QED) is 0.698. The van der Waals surface area contributed by atoms with Crippen LogP contribution in [0.3, 0.4) is 0 Å². The smallest absolute Gasteiger partial charge is 0.326 e. The Morgan fingerprint density at radius 1 is 1.18 bits per heavy atom. The number of rotatable bonds is 4. The first-order valence-electron chi connectivity index (χ1n) is 10.9.